The van der Waals surface area contributed by atoms with E-state index in [0.717, 1.165) is 33.3 Å². The molecule has 2 aromatic rings. The zero-order chi connectivity index (χ0) is 22.6. The number of aromatic nitrogens is 1. The van der Waals surface area contributed by atoms with E-state index in [9.17, 15) is 32.1 Å². The van der Waals surface area contributed by atoms with Gasteiger partial charge in [-0.2, -0.15) is 0 Å². The molecule has 1 aliphatic heterocycles. The fourth-order valence-corrected chi connectivity index (χ4v) is 3.19. The number of likely N-dealkylation sites (N-methyl/N-ethyl adjacent to an activating group) is 1. The molecule has 0 bridgehead atoms. The van der Waals surface area contributed by atoms with Crippen molar-refractivity contribution in [3.05, 3.63) is 39.9 Å². The molecule has 182 valence electrons. The van der Waals surface area contributed by atoms with Crippen molar-refractivity contribution in [1.82, 2.24) is 4.57 Å². The average molecular weight is 481 g/mol. The third-order valence-corrected chi connectivity index (χ3v) is 5.29. The lowest BCUT2D eigenvalue weighted by atomic mass is 10.1. The number of rotatable bonds is 4. The second-order valence-electron chi connectivity index (χ2n) is 6.80. The summed E-state index contributed by atoms with van der Waals surface area (Å²) in [4.78, 5) is 27.0. The summed E-state index contributed by atoms with van der Waals surface area (Å²) < 4.78 is 47.3. The Morgan fingerprint density at radius 2 is 1.81 bits per heavy atom. The van der Waals surface area contributed by atoms with Crippen LogP contribution >= 0.6 is 0 Å². The molecule has 1 saturated heterocycles. The van der Waals surface area contributed by atoms with Gasteiger partial charge in [-0.1, -0.05) is 0 Å². The van der Waals surface area contributed by atoms with Crippen LogP contribution in [-0.4, -0.2) is 79.9 Å². The Bertz CT molecular complexity index is 1100. The molecule has 1 fully saturated rings. The van der Waals surface area contributed by atoms with E-state index in [0.29, 0.717) is 17.7 Å². The number of carboxylic acids is 1. The third-order valence-electron chi connectivity index (χ3n) is 4.88. The van der Waals surface area contributed by atoms with E-state index in [1.165, 1.54) is 17.2 Å². The van der Waals surface area contributed by atoms with Gasteiger partial charge in [-0.15, -0.1) is 0 Å². The molecule has 0 spiro atoms. The molecule has 0 radical (unpaired) electrons. The Balaban J connectivity index is 0.00000107. The zero-order valence-corrected chi connectivity index (χ0v) is 18.7. The number of anilines is 1. The van der Waals surface area contributed by atoms with Crippen molar-refractivity contribution in [3.63, 3.8) is 0 Å². The van der Waals surface area contributed by atoms with Gasteiger partial charge in [0.25, 0.3) is 0 Å². The number of piperazine rings is 1. The number of aryl methyl sites for hydroxylation is 1. The lowest BCUT2D eigenvalue weighted by Gasteiger charge is -2.32. The predicted molar refractivity (Wildman–Crippen MR) is 114 cm³/mol. The lowest BCUT2D eigenvalue weighted by molar-refractivity contribution is -0.880. The number of hydrogen-bond donors (Lipinski definition) is 2. The minimum Gasteiger partial charge on any atom is -0.726 e. The second-order valence-corrected chi connectivity index (χ2v) is 7.95. The molecule has 1 aromatic heterocycles. The second kappa shape index (κ2) is 11.8. The molecule has 3 rings (SSSR count). The molecule has 1 aromatic carbocycles. The van der Waals surface area contributed by atoms with Crippen molar-refractivity contribution < 1.29 is 47.3 Å². The van der Waals surface area contributed by atoms with E-state index in [1.807, 2.05) is 11.8 Å². The van der Waals surface area contributed by atoms with Gasteiger partial charge in [0.15, 0.2) is 0 Å². The molecule has 0 amide bonds. The highest BCUT2D eigenvalue weighted by molar-refractivity contribution is 7.80. The van der Waals surface area contributed by atoms with Crippen LogP contribution < -0.4 is 15.2 Å². The number of quaternary nitrogens is 1. The van der Waals surface area contributed by atoms with Gasteiger partial charge in [-0.25, -0.2) is 17.6 Å². The summed E-state index contributed by atoms with van der Waals surface area (Å²) in [6.07, 6.45) is 1.34. The van der Waals surface area contributed by atoms with E-state index >= 15 is 0 Å². The number of nitrogens with one attached hydrogen (secondary N) is 1. The van der Waals surface area contributed by atoms with Crippen molar-refractivity contribution in [3.8, 4) is 0 Å². The first kappa shape index (κ1) is 29.4. The molecule has 6 N–H and O–H groups in total. The summed E-state index contributed by atoms with van der Waals surface area (Å²) >= 11 is 0. The highest BCUT2D eigenvalue weighted by Crippen LogP contribution is 2.25. The van der Waals surface area contributed by atoms with E-state index in [-0.39, 0.29) is 21.9 Å². The largest absolute Gasteiger partial charge is 0.726 e. The van der Waals surface area contributed by atoms with Crippen LogP contribution in [0.15, 0.2) is 23.1 Å². The number of hydrogen-bond acceptors (Lipinski definition) is 7. The molecular formula is C18H28FN3O9S. The van der Waals surface area contributed by atoms with Crippen LogP contribution in [0.4, 0.5) is 10.1 Å². The van der Waals surface area contributed by atoms with Crippen LogP contribution in [0.3, 0.4) is 0 Å². The minimum absolute atomic E-state index is 0. The molecule has 32 heavy (non-hydrogen) atoms. The van der Waals surface area contributed by atoms with E-state index < -0.39 is 27.6 Å². The Morgan fingerprint density at radius 3 is 2.25 bits per heavy atom. The highest BCUT2D eigenvalue weighted by atomic mass is 32.3. The lowest BCUT2D eigenvalue weighted by Crippen LogP contribution is -3.12. The summed E-state index contributed by atoms with van der Waals surface area (Å²) in [5, 5.41) is 9.29. The number of nitrogens with zero attached hydrogens (tertiary/aromatic N) is 2. The normalized spacial score (nSPS) is 14.1. The molecule has 2 heterocycles. The van der Waals surface area contributed by atoms with Gasteiger partial charge < -0.3 is 35.0 Å². The summed E-state index contributed by atoms with van der Waals surface area (Å²) in [7, 11) is -1.50. The van der Waals surface area contributed by atoms with Gasteiger partial charge in [-0.05, 0) is 19.1 Å². The fraction of sp³-hybridized carbons (Fsp3) is 0.444. The molecule has 1 aliphatic rings. The average Bonchev–Trinajstić information content (AvgIpc) is 2.69. The van der Waals surface area contributed by atoms with Gasteiger partial charge in [0.05, 0.1) is 51.5 Å². The smallest absolute Gasteiger partial charge is 0.341 e. The molecule has 0 aliphatic carbocycles. The Kier molecular flexibility index (Phi) is 10.9. The monoisotopic (exact) mass is 481 g/mol. The third kappa shape index (κ3) is 6.94. The van der Waals surface area contributed by atoms with Crippen LogP contribution in [0.2, 0.25) is 0 Å². The molecular weight excluding hydrogens is 453 g/mol. The van der Waals surface area contributed by atoms with Crippen LogP contribution in [0, 0.1) is 5.82 Å². The van der Waals surface area contributed by atoms with Crippen molar-refractivity contribution >= 4 is 33.0 Å². The number of carbonyl (C=O) groups is 1. The number of halogens is 1. The first-order valence-electron chi connectivity index (χ1n) is 9.16. The number of carboxylic acid groups (broad SMARTS) is 1. The molecule has 0 unspecified atom stereocenters. The van der Waals surface area contributed by atoms with Gasteiger partial charge in [0.1, 0.15) is 11.4 Å². The molecule has 14 heteroatoms. The van der Waals surface area contributed by atoms with Crippen LogP contribution in [0.1, 0.15) is 17.3 Å². The Labute approximate surface area is 184 Å². The Hall–Kier alpha value is -2.62. The SMILES string of the molecule is CCn1cc(C(=O)O)c(=O)c2cc(F)c(N3CC[NH+](C)CC3)cc21.COS(=O)(=O)[O-].O.O. The van der Waals surface area contributed by atoms with Crippen LogP contribution in [0.25, 0.3) is 10.9 Å². The molecule has 0 atom stereocenters. The zero-order valence-electron chi connectivity index (χ0n) is 17.8. The van der Waals surface area contributed by atoms with E-state index in [1.54, 1.807) is 10.6 Å². The van der Waals surface area contributed by atoms with Gasteiger partial charge in [-0.3, -0.25) is 8.98 Å². The first-order valence-corrected chi connectivity index (χ1v) is 10.5. The van der Waals surface area contributed by atoms with E-state index in [2.05, 4.69) is 11.2 Å². The maximum Gasteiger partial charge on any atom is 0.341 e. The molecule has 0 saturated carbocycles. The summed E-state index contributed by atoms with van der Waals surface area (Å²) in [6.45, 7) is 5.70. The fourth-order valence-electron chi connectivity index (χ4n) is 3.19. The first-order chi connectivity index (χ1) is 14.0. The number of pyridine rings is 1. The van der Waals surface area contributed by atoms with Crippen molar-refractivity contribution in [1.29, 1.82) is 0 Å². The topological polar surface area (TPSA) is 196 Å². The van der Waals surface area contributed by atoms with Gasteiger partial charge in [0.2, 0.25) is 15.8 Å². The number of benzene rings is 1. The molecule has 12 nitrogen and oxygen atoms in total. The van der Waals surface area contributed by atoms with Gasteiger partial charge >= 0.3 is 5.97 Å². The number of fused-ring (bicyclic) bond motifs is 1. The minimum atomic E-state index is -4.41. The predicted octanol–water partition coefficient (Wildman–Crippen LogP) is -2.36. The summed E-state index contributed by atoms with van der Waals surface area (Å²) in [6, 6.07) is 2.85. The highest BCUT2D eigenvalue weighted by Gasteiger charge is 2.22. The Morgan fingerprint density at radius 1 is 1.28 bits per heavy atom. The van der Waals surface area contributed by atoms with E-state index in [4.69, 9.17) is 0 Å². The standard InChI is InChI=1S/C17H20FN3O3.CH4O4S.2H2O/c1-3-20-10-12(17(23)24)16(22)11-8-13(18)15(9-14(11)20)21-6-4-19(2)5-7-21;1-5-6(2,3)4;;/h8-10H,3-7H2,1-2H3,(H,23,24);1H3,(H,2,3,4);2*1H2. The van der Waals surface area contributed by atoms with Crippen molar-refractivity contribution in [2.45, 2.75) is 13.5 Å². The van der Waals surface area contributed by atoms with Crippen LogP contribution in [-0.2, 0) is 21.1 Å². The van der Waals surface area contributed by atoms with Crippen molar-refractivity contribution in [2.75, 3.05) is 45.2 Å². The maximum atomic E-state index is 14.6. The summed E-state index contributed by atoms with van der Waals surface area (Å²) in [5.41, 5.74) is 0.0602. The van der Waals surface area contributed by atoms with Gasteiger partial charge in [0, 0.05) is 18.1 Å². The number of aromatic carboxylic acids is 1. The van der Waals surface area contributed by atoms with Crippen molar-refractivity contribution in [2.24, 2.45) is 0 Å². The maximum absolute atomic E-state index is 14.6. The summed E-state index contributed by atoms with van der Waals surface area (Å²) in [5.74, 6) is -1.78. The van der Waals surface area contributed by atoms with Crippen LogP contribution in [0.5, 0.6) is 0 Å². The quantitative estimate of drug-likeness (QED) is 0.357.